The normalized spacial score (nSPS) is 24.6. The van der Waals surface area contributed by atoms with Crippen LogP contribution in [0.25, 0.3) is 0 Å². The lowest BCUT2D eigenvalue weighted by molar-refractivity contribution is 0.169. The number of halogens is 1. The highest BCUT2D eigenvalue weighted by molar-refractivity contribution is 6.34. The predicted octanol–water partition coefficient (Wildman–Crippen LogP) is 4.96. The zero-order valence-electron chi connectivity index (χ0n) is 21.3. The first-order chi connectivity index (χ1) is 16.7. The van der Waals surface area contributed by atoms with Crippen LogP contribution in [0.2, 0.25) is 5.02 Å². The van der Waals surface area contributed by atoms with Crippen molar-refractivity contribution in [1.82, 2.24) is 19.9 Å². The molecule has 2 atom stereocenters. The number of para-hydroxylation sites is 1. The van der Waals surface area contributed by atoms with Crippen LogP contribution in [0.1, 0.15) is 64.6 Å². The van der Waals surface area contributed by atoms with E-state index >= 15 is 0 Å². The number of aromatic nitrogens is 2. The number of carbonyl (C=O) groups is 1. The second-order valence-corrected chi connectivity index (χ2v) is 11.4. The van der Waals surface area contributed by atoms with Gasteiger partial charge in [-0.05, 0) is 51.2 Å². The molecule has 1 saturated carbocycles. The summed E-state index contributed by atoms with van der Waals surface area (Å²) in [4.78, 5) is 24.7. The summed E-state index contributed by atoms with van der Waals surface area (Å²) < 4.78 is 5.56. The molecule has 0 unspecified atom stereocenters. The molecule has 0 bridgehead atoms. The van der Waals surface area contributed by atoms with E-state index in [4.69, 9.17) is 21.1 Å². The molecule has 0 radical (unpaired) electrons. The fourth-order valence-electron chi connectivity index (χ4n) is 5.29. The number of piperazine rings is 1. The number of nitrogens with one attached hydrogen (secondary N) is 1. The Hall–Kier alpha value is -2.32. The van der Waals surface area contributed by atoms with Gasteiger partial charge in [-0.1, -0.05) is 36.7 Å². The number of hydrogen-bond donors (Lipinski definition) is 1. The quantitative estimate of drug-likeness (QED) is 0.625. The highest BCUT2D eigenvalue weighted by Crippen LogP contribution is 2.47. The predicted molar refractivity (Wildman–Crippen MR) is 138 cm³/mol. The van der Waals surface area contributed by atoms with Crippen LogP contribution in [-0.4, -0.2) is 71.3 Å². The zero-order valence-corrected chi connectivity index (χ0v) is 22.0. The van der Waals surface area contributed by atoms with Crippen LogP contribution in [0.4, 0.5) is 16.2 Å². The van der Waals surface area contributed by atoms with Crippen molar-refractivity contribution in [3.05, 3.63) is 34.9 Å². The van der Waals surface area contributed by atoms with Crippen molar-refractivity contribution in [2.75, 3.05) is 49.5 Å². The summed E-state index contributed by atoms with van der Waals surface area (Å²) in [6.45, 7) is 14.0. The maximum atomic E-state index is 13.3. The van der Waals surface area contributed by atoms with Crippen LogP contribution >= 0.6 is 11.6 Å². The van der Waals surface area contributed by atoms with Crippen LogP contribution in [0.15, 0.2) is 22.7 Å². The Morgan fingerprint density at radius 2 is 1.86 bits per heavy atom. The topological polar surface area (TPSA) is 77.7 Å². The van der Waals surface area contributed by atoms with Gasteiger partial charge < -0.3 is 19.6 Å². The third kappa shape index (κ3) is 5.00. The van der Waals surface area contributed by atoms with Gasteiger partial charge >= 0.3 is 6.03 Å². The largest absolute Gasteiger partial charge is 0.367 e. The third-order valence-corrected chi connectivity index (χ3v) is 8.49. The molecular weight excluding hydrogens is 464 g/mol. The maximum absolute atomic E-state index is 13.3. The minimum atomic E-state index is -0.178. The Morgan fingerprint density at radius 1 is 1.17 bits per heavy atom. The molecule has 3 heterocycles. The number of benzene rings is 1. The molecule has 3 aliphatic rings. The summed E-state index contributed by atoms with van der Waals surface area (Å²) in [6.07, 6.45) is 2.72. The molecule has 1 aromatic heterocycles. The lowest BCUT2D eigenvalue weighted by Crippen LogP contribution is -2.49. The smallest absolute Gasteiger partial charge is 0.321 e. The molecule has 3 fully saturated rings. The van der Waals surface area contributed by atoms with E-state index in [1.807, 2.05) is 23.1 Å². The first-order valence-corrected chi connectivity index (χ1v) is 13.3. The number of carbonyl (C=O) groups excluding carboxylic acids is 1. The van der Waals surface area contributed by atoms with Gasteiger partial charge in [0.15, 0.2) is 5.82 Å². The molecule has 1 N–H and O–H groups in total. The fraction of sp³-hybridized carbons (Fsp3) is 0.654. The van der Waals surface area contributed by atoms with Crippen molar-refractivity contribution in [3.63, 3.8) is 0 Å². The molecular formula is C26H37ClN6O2. The molecule has 35 heavy (non-hydrogen) atoms. The summed E-state index contributed by atoms with van der Waals surface area (Å²) in [5, 5.41) is 8.00. The lowest BCUT2D eigenvalue weighted by atomic mass is 9.80. The Balaban J connectivity index is 1.22. The van der Waals surface area contributed by atoms with Crippen LogP contribution in [0.3, 0.4) is 0 Å². The van der Waals surface area contributed by atoms with Gasteiger partial charge in [0.2, 0.25) is 5.89 Å². The molecule has 0 spiro atoms. The summed E-state index contributed by atoms with van der Waals surface area (Å²) in [7, 11) is 0. The van der Waals surface area contributed by atoms with Gasteiger partial charge in [-0.15, -0.1) is 0 Å². The average Bonchev–Trinajstić information content (AvgIpc) is 3.36. The summed E-state index contributed by atoms with van der Waals surface area (Å²) in [6, 6.07) is 6.27. The molecule has 1 aliphatic carbocycles. The molecule has 1 aromatic carbocycles. The Kier molecular flexibility index (Phi) is 6.70. The van der Waals surface area contributed by atoms with E-state index in [2.05, 4.69) is 48.0 Å². The summed E-state index contributed by atoms with van der Waals surface area (Å²) in [5.74, 6) is 2.61. The highest BCUT2D eigenvalue weighted by atomic mass is 35.5. The minimum Gasteiger partial charge on any atom is -0.367 e. The van der Waals surface area contributed by atoms with E-state index in [1.54, 1.807) is 0 Å². The van der Waals surface area contributed by atoms with Gasteiger partial charge in [-0.3, -0.25) is 4.90 Å². The van der Waals surface area contributed by atoms with Gasteiger partial charge in [-0.2, -0.15) is 4.98 Å². The van der Waals surface area contributed by atoms with Crippen LogP contribution in [0.5, 0.6) is 0 Å². The van der Waals surface area contributed by atoms with Gasteiger partial charge in [0.05, 0.1) is 16.4 Å². The molecule has 2 aliphatic heterocycles. The first kappa shape index (κ1) is 24.4. The second-order valence-electron chi connectivity index (χ2n) is 11.0. The Labute approximate surface area is 213 Å². The van der Waals surface area contributed by atoms with Crippen molar-refractivity contribution in [3.8, 4) is 0 Å². The fourth-order valence-corrected chi connectivity index (χ4v) is 5.51. The van der Waals surface area contributed by atoms with Gasteiger partial charge in [0, 0.05) is 56.6 Å². The van der Waals surface area contributed by atoms with Gasteiger partial charge in [0.1, 0.15) is 0 Å². The molecule has 5 rings (SSSR count). The standard InChI is InChI=1S/C26H37ClN6O2/c1-17(2)31-12-14-32(15-13-31)21-7-5-6-20(27)22(21)28-25(34)33-10-8-26(4,9-11-33)24-29-23(35-30-24)19-16-18(19)3/h5-7,17-19H,8-16H2,1-4H3,(H,28,34)/t18-,19+/m0/s1. The van der Waals surface area contributed by atoms with Crippen molar-refractivity contribution >= 4 is 29.0 Å². The third-order valence-electron chi connectivity index (χ3n) is 8.17. The molecule has 190 valence electrons. The summed E-state index contributed by atoms with van der Waals surface area (Å²) in [5.41, 5.74) is 1.51. The van der Waals surface area contributed by atoms with Crippen LogP contribution in [0, 0.1) is 5.92 Å². The van der Waals surface area contributed by atoms with Crippen molar-refractivity contribution in [2.45, 2.75) is 64.3 Å². The average molecular weight is 501 g/mol. The van der Waals surface area contributed by atoms with E-state index in [-0.39, 0.29) is 11.4 Å². The van der Waals surface area contributed by atoms with E-state index in [0.717, 1.165) is 62.8 Å². The number of piperidine rings is 1. The highest BCUT2D eigenvalue weighted by Gasteiger charge is 2.42. The Morgan fingerprint density at radius 3 is 2.49 bits per heavy atom. The maximum Gasteiger partial charge on any atom is 0.321 e. The van der Waals surface area contributed by atoms with Gasteiger partial charge in [-0.25, -0.2) is 4.79 Å². The number of nitrogens with zero attached hydrogens (tertiary/aromatic N) is 5. The lowest BCUT2D eigenvalue weighted by Gasteiger charge is -2.39. The molecule has 2 amide bonds. The van der Waals surface area contributed by atoms with Crippen molar-refractivity contribution in [2.24, 2.45) is 5.92 Å². The van der Waals surface area contributed by atoms with Crippen molar-refractivity contribution in [1.29, 1.82) is 0 Å². The van der Waals surface area contributed by atoms with Gasteiger partial charge in [0.25, 0.3) is 0 Å². The number of anilines is 2. The van der Waals surface area contributed by atoms with E-state index < -0.39 is 0 Å². The van der Waals surface area contributed by atoms with E-state index in [9.17, 15) is 4.79 Å². The number of rotatable bonds is 5. The number of urea groups is 1. The molecule has 2 aromatic rings. The van der Waals surface area contributed by atoms with Crippen molar-refractivity contribution < 1.29 is 9.32 Å². The molecule has 8 nitrogen and oxygen atoms in total. The minimum absolute atomic E-state index is 0.108. The number of likely N-dealkylation sites (tertiary alicyclic amines) is 1. The van der Waals surface area contributed by atoms with E-state index in [0.29, 0.717) is 41.7 Å². The van der Waals surface area contributed by atoms with E-state index in [1.165, 1.54) is 0 Å². The zero-order chi connectivity index (χ0) is 24.7. The monoisotopic (exact) mass is 500 g/mol. The number of hydrogen-bond acceptors (Lipinski definition) is 6. The SMILES string of the molecule is CC(C)N1CCN(c2cccc(Cl)c2NC(=O)N2CCC(C)(c3noc([C@@H]4C[C@@H]4C)n3)CC2)CC1. The van der Waals surface area contributed by atoms with Crippen LogP contribution < -0.4 is 10.2 Å². The molecule has 9 heteroatoms. The Bertz CT molecular complexity index is 1060. The molecule has 2 saturated heterocycles. The summed E-state index contributed by atoms with van der Waals surface area (Å²) >= 11 is 6.58. The second kappa shape index (κ2) is 9.62. The number of amides is 2. The van der Waals surface area contributed by atoms with Crippen LogP contribution in [-0.2, 0) is 5.41 Å². The first-order valence-electron chi connectivity index (χ1n) is 12.9.